The Morgan fingerprint density at radius 1 is 1.41 bits per heavy atom. The Balaban J connectivity index is 2.68. The smallest absolute Gasteiger partial charge is 0.254 e. The average Bonchev–Trinajstić information content (AvgIpc) is 2.29. The van der Waals surface area contributed by atoms with Crippen LogP contribution in [0.4, 0.5) is 8.78 Å². The highest BCUT2D eigenvalue weighted by Gasteiger charge is 2.16. The van der Waals surface area contributed by atoms with Crippen molar-refractivity contribution in [3.63, 3.8) is 0 Å². The van der Waals surface area contributed by atoms with Crippen LogP contribution in [0.3, 0.4) is 0 Å². The van der Waals surface area contributed by atoms with Crippen molar-refractivity contribution in [2.45, 2.75) is 20.0 Å². The standard InChI is InChI=1S/C12H15F2NO2/c1-7(2)10(16)6-15-12(17)8-4-3-5-9(13)11(8)14/h3-5,7,10,16H,6H2,1-2H3,(H,15,17). The molecule has 2 N–H and O–H groups in total. The van der Waals surface area contributed by atoms with Crippen molar-refractivity contribution in [1.29, 1.82) is 0 Å². The van der Waals surface area contributed by atoms with Gasteiger partial charge in [0.05, 0.1) is 11.7 Å². The summed E-state index contributed by atoms with van der Waals surface area (Å²) in [6.45, 7) is 3.59. The Labute approximate surface area is 98.5 Å². The second-order valence-electron chi connectivity index (χ2n) is 4.12. The van der Waals surface area contributed by atoms with Gasteiger partial charge in [-0.05, 0) is 18.1 Å². The summed E-state index contributed by atoms with van der Waals surface area (Å²) in [7, 11) is 0. The van der Waals surface area contributed by atoms with Crippen LogP contribution in [0.5, 0.6) is 0 Å². The molecule has 94 valence electrons. The van der Waals surface area contributed by atoms with E-state index in [-0.39, 0.29) is 18.0 Å². The molecule has 1 aromatic carbocycles. The number of aliphatic hydroxyl groups is 1. The number of nitrogens with one attached hydrogen (secondary N) is 1. The predicted octanol–water partition coefficient (Wildman–Crippen LogP) is 1.71. The maximum absolute atomic E-state index is 13.2. The summed E-state index contributed by atoms with van der Waals surface area (Å²) < 4.78 is 26.1. The number of halogens is 2. The van der Waals surface area contributed by atoms with Gasteiger partial charge >= 0.3 is 0 Å². The van der Waals surface area contributed by atoms with Crippen LogP contribution in [0, 0.1) is 17.6 Å². The number of rotatable bonds is 4. The van der Waals surface area contributed by atoms with Crippen molar-refractivity contribution < 1.29 is 18.7 Å². The van der Waals surface area contributed by atoms with E-state index in [2.05, 4.69) is 5.32 Å². The van der Waals surface area contributed by atoms with Crippen LogP contribution in [0.25, 0.3) is 0 Å². The molecule has 1 aromatic rings. The van der Waals surface area contributed by atoms with E-state index >= 15 is 0 Å². The maximum Gasteiger partial charge on any atom is 0.254 e. The van der Waals surface area contributed by atoms with Crippen molar-refractivity contribution in [1.82, 2.24) is 5.32 Å². The molecule has 0 radical (unpaired) electrons. The number of carbonyl (C=O) groups is 1. The molecule has 0 fully saturated rings. The number of hydrogen-bond donors (Lipinski definition) is 2. The molecule has 1 atom stereocenters. The van der Waals surface area contributed by atoms with Crippen molar-refractivity contribution in [2.24, 2.45) is 5.92 Å². The monoisotopic (exact) mass is 243 g/mol. The Kier molecular flexibility index (Phi) is 4.57. The van der Waals surface area contributed by atoms with Gasteiger partial charge in [0.15, 0.2) is 11.6 Å². The van der Waals surface area contributed by atoms with E-state index in [1.165, 1.54) is 12.1 Å². The fourth-order valence-electron chi connectivity index (χ4n) is 1.21. The molecule has 0 aliphatic rings. The summed E-state index contributed by atoms with van der Waals surface area (Å²) in [6, 6.07) is 3.39. The van der Waals surface area contributed by atoms with Crippen molar-refractivity contribution in [3.05, 3.63) is 35.4 Å². The first-order chi connectivity index (χ1) is 7.93. The molecule has 0 saturated heterocycles. The highest BCUT2D eigenvalue weighted by molar-refractivity contribution is 5.94. The summed E-state index contributed by atoms with van der Waals surface area (Å²) in [6.07, 6.45) is -0.712. The molecule has 5 heteroatoms. The van der Waals surface area contributed by atoms with Crippen LogP contribution in [0.1, 0.15) is 24.2 Å². The molecule has 0 aliphatic heterocycles. The van der Waals surface area contributed by atoms with E-state index in [9.17, 15) is 18.7 Å². The number of hydrogen-bond acceptors (Lipinski definition) is 2. The van der Waals surface area contributed by atoms with E-state index in [1.54, 1.807) is 13.8 Å². The zero-order valence-electron chi connectivity index (χ0n) is 9.71. The summed E-state index contributed by atoms with van der Waals surface area (Å²) >= 11 is 0. The van der Waals surface area contributed by atoms with Gasteiger partial charge in [0.25, 0.3) is 5.91 Å². The van der Waals surface area contributed by atoms with Gasteiger partial charge in [-0.2, -0.15) is 0 Å². The molecule has 1 rings (SSSR count). The zero-order valence-corrected chi connectivity index (χ0v) is 9.71. The molecular formula is C12H15F2NO2. The van der Waals surface area contributed by atoms with Crippen LogP contribution in [-0.4, -0.2) is 23.7 Å². The summed E-state index contributed by atoms with van der Waals surface area (Å²) in [4.78, 5) is 11.5. The van der Waals surface area contributed by atoms with E-state index in [4.69, 9.17) is 0 Å². The molecule has 0 aliphatic carbocycles. The lowest BCUT2D eigenvalue weighted by Gasteiger charge is -2.15. The minimum absolute atomic E-state index is 0.00640. The number of benzene rings is 1. The molecule has 3 nitrogen and oxygen atoms in total. The van der Waals surface area contributed by atoms with Gasteiger partial charge in [-0.15, -0.1) is 0 Å². The molecule has 1 amide bonds. The Morgan fingerprint density at radius 3 is 2.65 bits per heavy atom. The van der Waals surface area contributed by atoms with Gasteiger partial charge in [0, 0.05) is 6.54 Å². The summed E-state index contributed by atoms with van der Waals surface area (Å²) in [5.74, 6) is -3.00. The molecule has 0 aromatic heterocycles. The van der Waals surface area contributed by atoms with E-state index in [0.717, 1.165) is 6.07 Å². The normalized spacial score (nSPS) is 12.6. The topological polar surface area (TPSA) is 49.3 Å². The van der Waals surface area contributed by atoms with Crippen LogP contribution < -0.4 is 5.32 Å². The van der Waals surface area contributed by atoms with Gasteiger partial charge < -0.3 is 10.4 Å². The highest BCUT2D eigenvalue weighted by atomic mass is 19.2. The van der Waals surface area contributed by atoms with Gasteiger partial charge in [-0.25, -0.2) is 8.78 Å². The van der Waals surface area contributed by atoms with Gasteiger partial charge in [0.2, 0.25) is 0 Å². The first-order valence-corrected chi connectivity index (χ1v) is 5.33. The number of carbonyl (C=O) groups excluding carboxylic acids is 1. The van der Waals surface area contributed by atoms with Crippen LogP contribution >= 0.6 is 0 Å². The SMILES string of the molecule is CC(C)C(O)CNC(=O)c1cccc(F)c1F. The number of aliphatic hydroxyl groups excluding tert-OH is 1. The van der Waals surface area contributed by atoms with E-state index in [0.29, 0.717) is 0 Å². The minimum atomic E-state index is -1.18. The lowest BCUT2D eigenvalue weighted by Crippen LogP contribution is -2.35. The van der Waals surface area contributed by atoms with Crippen molar-refractivity contribution in [2.75, 3.05) is 6.54 Å². The van der Waals surface area contributed by atoms with Gasteiger partial charge in [-0.1, -0.05) is 19.9 Å². The first kappa shape index (κ1) is 13.6. The third kappa shape index (κ3) is 3.49. The van der Waals surface area contributed by atoms with Crippen molar-refractivity contribution >= 4 is 5.91 Å². The highest BCUT2D eigenvalue weighted by Crippen LogP contribution is 2.11. The molecule has 1 unspecified atom stereocenters. The van der Waals surface area contributed by atoms with Gasteiger partial charge in [-0.3, -0.25) is 4.79 Å². The summed E-state index contributed by atoms with van der Waals surface area (Å²) in [5, 5.41) is 11.8. The third-order valence-corrected chi connectivity index (χ3v) is 2.44. The molecule has 17 heavy (non-hydrogen) atoms. The molecule has 0 spiro atoms. The third-order valence-electron chi connectivity index (χ3n) is 2.44. The fraction of sp³-hybridized carbons (Fsp3) is 0.417. The van der Waals surface area contributed by atoms with E-state index in [1.807, 2.05) is 0 Å². The second-order valence-corrected chi connectivity index (χ2v) is 4.12. The Morgan fingerprint density at radius 2 is 2.06 bits per heavy atom. The maximum atomic E-state index is 13.2. The zero-order chi connectivity index (χ0) is 13.0. The van der Waals surface area contributed by atoms with Crippen LogP contribution in [0.2, 0.25) is 0 Å². The van der Waals surface area contributed by atoms with Crippen molar-refractivity contribution in [3.8, 4) is 0 Å². The lowest BCUT2D eigenvalue weighted by molar-refractivity contribution is 0.0867. The minimum Gasteiger partial charge on any atom is -0.391 e. The molecular weight excluding hydrogens is 228 g/mol. The molecule has 0 heterocycles. The Bertz CT molecular complexity index is 407. The Hall–Kier alpha value is -1.49. The van der Waals surface area contributed by atoms with Crippen LogP contribution in [0.15, 0.2) is 18.2 Å². The van der Waals surface area contributed by atoms with Crippen LogP contribution in [-0.2, 0) is 0 Å². The molecule has 0 bridgehead atoms. The molecule has 0 saturated carbocycles. The lowest BCUT2D eigenvalue weighted by atomic mass is 10.1. The van der Waals surface area contributed by atoms with Gasteiger partial charge in [0.1, 0.15) is 0 Å². The predicted molar refractivity (Wildman–Crippen MR) is 59.5 cm³/mol. The quantitative estimate of drug-likeness (QED) is 0.845. The largest absolute Gasteiger partial charge is 0.391 e. The summed E-state index contributed by atoms with van der Waals surface area (Å²) in [5.41, 5.74) is -0.360. The fourth-order valence-corrected chi connectivity index (χ4v) is 1.21. The average molecular weight is 243 g/mol. The number of amides is 1. The second kappa shape index (κ2) is 5.72. The van der Waals surface area contributed by atoms with E-state index < -0.39 is 23.6 Å². The first-order valence-electron chi connectivity index (χ1n) is 5.33.